The number of carbonyl (C=O) groups is 2. The van der Waals surface area contributed by atoms with Gasteiger partial charge < -0.3 is 39.9 Å². The highest BCUT2D eigenvalue weighted by Crippen LogP contribution is 2.47. The number of esters is 2. The number of rotatable bonds is 35. The monoisotopic (exact) mass is 845 g/mol. The van der Waals surface area contributed by atoms with Crippen LogP contribution in [0.1, 0.15) is 162 Å². The van der Waals surface area contributed by atoms with Crippen molar-refractivity contribution in [2.45, 2.75) is 204 Å². The Morgan fingerprint density at radius 1 is 0.534 bits per heavy atom. The summed E-state index contributed by atoms with van der Waals surface area (Å²) in [6, 6.07) is 0. The average Bonchev–Trinajstić information content (AvgIpc) is 3.20. The van der Waals surface area contributed by atoms with E-state index in [-0.39, 0.29) is 12.8 Å². The molecule has 58 heavy (non-hydrogen) atoms. The number of hydrogen-bond acceptors (Lipinski definition) is 12. The number of phosphoric ester groups is 1. The highest BCUT2D eigenvalue weighted by molar-refractivity contribution is 7.47. The van der Waals surface area contributed by atoms with Crippen molar-refractivity contribution < 1.29 is 63.1 Å². The summed E-state index contributed by atoms with van der Waals surface area (Å²) in [5.74, 6) is -1.14. The Bertz CT molecular complexity index is 1210. The van der Waals surface area contributed by atoms with Crippen molar-refractivity contribution in [3.05, 3.63) is 48.6 Å². The van der Waals surface area contributed by atoms with Crippen LogP contribution in [0.3, 0.4) is 0 Å². The molecule has 1 fully saturated rings. The van der Waals surface area contributed by atoms with E-state index in [4.69, 9.17) is 18.5 Å². The van der Waals surface area contributed by atoms with Gasteiger partial charge in [0.25, 0.3) is 0 Å². The summed E-state index contributed by atoms with van der Waals surface area (Å²) in [5, 5.41) is 50.0. The SMILES string of the molecule is CCCCC/C=C/C/C=C/C/C=C/CCCCCCC(=O)OC[C@@H](COP(=O)(O)OC1C(O)C(O)C(O)[C@H](O)C1O)OC(=O)CCCCCCC/C=C/CCCCC. The third-order valence-corrected chi connectivity index (χ3v) is 10.9. The first kappa shape index (κ1) is 53.8. The van der Waals surface area contributed by atoms with Crippen molar-refractivity contribution in [1.29, 1.82) is 0 Å². The number of allylic oxidation sites excluding steroid dienone is 8. The lowest BCUT2D eigenvalue weighted by Gasteiger charge is -2.41. The number of aliphatic hydroxyl groups excluding tert-OH is 5. The Kier molecular flexibility index (Phi) is 32.0. The maximum atomic E-state index is 12.8. The van der Waals surface area contributed by atoms with Crippen LogP contribution in [-0.4, -0.2) is 98.3 Å². The predicted molar refractivity (Wildman–Crippen MR) is 226 cm³/mol. The maximum Gasteiger partial charge on any atom is 0.472 e. The number of carbonyl (C=O) groups excluding carboxylic acids is 2. The van der Waals surface area contributed by atoms with E-state index < -0.39 is 75.7 Å². The Labute approximate surface area is 348 Å². The van der Waals surface area contributed by atoms with Gasteiger partial charge in [-0.25, -0.2) is 4.57 Å². The van der Waals surface area contributed by atoms with Crippen LogP contribution in [0.5, 0.6) is 0 Å². The number of aliphatic hydroxyl groups is 5. The molecule has 0 radical (unpaired) electrons. The van der Waals surface area contributed by atoms with E-state index in [2.05, 4.69) is 62.5 Å². The van der Waals surface area contributed by atoms with Gasteiger partial charge >= 0.3 is 19.8 Å². The van der Waals surface area contributed by atoms with Gasteiger partial charge in [0, 0.05) is 12.8 Å². The molecule has 336 valence electrons. The molecule has 14 heteroatoms. The van der Waals surface area contributed by atoms with Gasteiger partial charge in [0.15, 0.2) is 6.10 Å². The second-order valence-corrected chi connectivity index (χ2v) is 16.6. The summed E-state index contributed by atoms with van der Waals surface area (Å²) >= 11 is 0. The number of phosphoric acid groups is 1. The van der Waals surface area contributed by atoms with Crippen LogP contribution in [0.25, 0.3) is 0 Å². The summed E-state index contributed by atoms with van der Waals surface area (Å²) < 4.78 is 33.4. The van der Waals surface area contributed by atoms with Crippen molar-refractivity contribution in [2.24, 2.45) is 0 Å². The van der Waals surface area contributed by atoms with Crippen molar-refractivity contribution in [3.8, 4) is 0 Å². The van der Waals surface area contributed by atoms with E-state index >= 15 is 0 Å². The standard InChI is InChI=1S/C44H77O13P/c1-3-5-7-9-11-13-15-17-18-19-20-21-23-24-26-28-30-32-37(45)54-34-36(56-38(46)33-31-29-27-25-22-16-14-12-10-8-6-4-2)35-55-58(52,53)57-44-42(50)40(48)39(47)41(49)43(44)51/h11-14,17-18,20-21,36,39-44,47-51H,3-10,15-16,19,22-35H2,1-2H3,(H,52,53)/b13-11+,14-12+,18-17+,21-20+/t36-,39?,40-,41?,42?,43?,44?/m0/s1. The van der Waals surface area contributed by atoms with Crippen molar-refractivity contribution in [2.75, 3.05) is 13.2 Å². The van der Waals surface area contributed by atoms with E-state index in [0.717, 1.165) is 83.5 Å². The molecule has 0 saturated heterocycles. The highest BCUT2D eigenvalue weighted by Gasteiger charge is 2.51. The summed E-state index contributed by atoms with van der Waals surface area (Å²) in [6.07, 6.45) is 26.0. The molecule has 0 heterocycles. The zero-order chi connectivity index (χ0) is 42.9. The second kappa shape index (κ2) is 34.5. The van der Waals surface area contributed by atoms with Crippen molar-refractivity contribution >= 4 is 19.8 Å². The third-order valence-electron chi connectivity index (χ3n) is 9.89. The molecule has 8 atom stereocenters. The van der Waals surface area contributed by atoms with Crippen LogP contribution in [0, 0.1) is 0 Å². The first-order valence-electron chi connectivity index (χ1n) is 21.9. The smallest absolute Gasteiger partial charge is 0.462 e. The zero-order valence-corrected chi connectivity index (χ0v) is 36.2. The Balaban J connectivity index is 2.50. The molecule has 0 spiro atoms. The Hall–Kier alpha value is -2.19. The molecule has 0 aromatic heterocycles. The molecule has 1 rings (SSSR count). The molecule has 0 aliphatic heterocycles. The van der Waals surface area contributed by atoms with Gasteiger partial charge in [0.1, 0.15) is 43.2 Å². The molecule has 0 aromatic rings. The highest BCUT2D eigenvalue weighted by atomic mass is 31.2. The quantitative estimate of drug-likeness (QED) is 0.0155. The molecule has 13 nitrogen and oxygen atoms in total. The molecule has 1 aliphatic rings. The van der Waals surface area contributed by atoms with E-state index in [1.165, 1.54) is 38.5 Å². The van der Waals surface area contributed by atoms with Crippen molar-refractivity contribution in [3.63, 3.8) is 0 Å². The summed E-state index contributed by atoms with van der Waals surface area (Å²) in [5.41, 5.74) is 0. The van der Waals surface area contributed by atoms with Gasteiger partial charge in [-0.3, -0.25) is 18.6 Å². The van der Waals surface area contributed by atoms with E-state index in [0.29, 0.717) is 12.8 Å². The molecule has 6 unspecified atom stereocenters. The molecule has 0 amide bonds. The van der Waals surface area contributed by atoms with Gasteiger partial charge in [-0.05, 0) is 77.0 Å². The fraction of sp³-hybridized carbons (Fsp3) is 0.773. The topological polar surface area (TPSA) is 210 Å². The summed E-state index contributed by atoms with van der Waals surface area (Å²) in [7, 11) is -5.12. The molecule has 1 saturated carbocycles. The third kappa shape index (κ3) is 26.8. The van der Waals surface area contributed by atoms with E-state index in [1.807, 2.05) is 0 Å². The number of ether oxygens (including phenoxy) is 2. The lowest BCUT2D eigenvalue weighted by molar-refractivity contribution is -0.220. The second-order valence-electron chi connectivity index (χ2n) is 15.2. The molecule has 0 aromatic carbocycles. The fourth-order valence-corrected chi connectivity index (χ4v) is 7.26. The zero-order valence-electron chi connectivity index (χ0n) is 35.3. The first-order chi connectivity index (χ1) is 27.9. The summed E-state index contributed by atoms with van der Waals surface area (Å²) in [6.45, 7) is 3.20. The molecule has 6 N–H and O–H groups in total. The number of unbranched alkanes of at least 4 members (excludes halogenated alkanes) is 15. The van der Waals surface area contributed by atoms with Crippen LogP contribution in [0.15, 0.2) is 48.6 Å². The van der Waals surface area contributed by atoms with Crippen LogP contribution in [-0.2, 0) is 32.7 Å². The van der Waals surface area contributed by atoms with Crippen LogP contribution >= 0.6 is 7.82 Å². The first-order valence-corrected chi connectivity index (χ1v) is 23.4. The predicted octanol–water partition coefficient (Wildman–Crippen LogP) is 8.00. The lowest BCUT2D eigenvalue weighted by Crippen LogP contribution is -2.64. The molecular weight excluding hydrogens is 767 g/mol. The molecular formula is C44H77O13P. The van der Waals surface area contributed by atoms with E-state index in [9.17, 15) is 44.6 Å². The summed E-state index contributed by atoms with van der Waals surface area (Å²) in [4.78, 5) is 35.6. The van der Waals surface area contributed by atoms with Gasteiger partial charge in [-0.15, -0.1) is 0 Å². The fourth-order valence-electron chi connectivity index (χ4n) is 6.29. The molecule has 1 aliphatic carbocycles. The maximum absolute atomic E-state index is 12.8. The average molecular weight is 845 g/mol. The van der Waals surface area contributed by atoms with Gasteiger partial charge in [0.05, 0.1) is 6.61 Å². The Morgan fingerprint density at radius 3 is 1.43 bits per heavy atom. The molecule has 0 bridgehead atoms. The minimum absolute atomic E-state index is 0.0797. The van der Waals surface area contributed by atoms with Gasteiger partial charge in [0.2, 0.25) is 0 Å². The minimum atomic E-state index is -5.12. The minimum Gasteiger partial charge on any atom is -0.462 e. The van der Waals surface area contributed by atoms with Gasteiger partial charge in [-0.2, -0.15) is 0 Å². The largest absolute Gasteiger partial charge is 0.472 e. The number of hydrogen-bond donors (Lipinski definition) is 6. The van der Waals surface area contributed by atoms with Crippen LogP contribution in [0.4, 0.5) is 0 Å². The van der Waals surface area contributed by atoms with E-state index in [1.54, 1.807) is 0 Å². The van der Waals surface area contributed by atoms with Crippen LogP contribution in [0.2, 0.25) is 0 Å². The van der Waals surface area contributed by atoms with Gasteiger partial charge in [-0.1, -0.05) is 120 Å². The van der Waals surface area contributed by atoms with Crippen LogP contribution < -0.4 is 0 Å². The van der Waals surface area contributed by atoms with Crippen molar-refractivity contribution in [1.82, 2.24) is 0 Å². The normalized spacial score (nSPS) is 23.0. The Morgan fingerprint density at radius 2 is 0.931 bits per heavy atom. The lowest BCUT2D eigenvalue weighted by atomic mass is 9.85.